The van der Waals surface area contributed by atoms with Crippen LogP contribution in [0.25, 0.3) is 0 Å². The number of benzene rings is 2. The molecule has 7 heteroatoms. The van der Waals surface area contributed by atoms with Crippen molar-refractivity contribution in [3.63, 3.8) is 0 Å². The fraction of sp³-hybridized carbons (Fsp3) is 0.0714. The van der Waals surface area contributed by atoms with E-state index in [0.29, 0.717) is 5.75 Å². The van der Waals surface area contributed by atoms with Crippen LogP contribution in [0.1, 0.15) is 0 Å². The van der Waals surface area contributed by atoms with Crippen LogP contribution in [-0.4, -0.2) is 28.0 Å². The third-order valence-electron chi connectivity index (χ3n) is 2.61. The molecule has 0 aliphatic rings. The molecule has 1 N–H and O–H groups in total. The number of carbonyl (C=O) groups excluding carboxylic acids is 1. The van der Waals surface area contributed by atoms with Gasteiger partial charge in [-0.15, -0.1) is 0 Å². The SMILES string of the molecule is O=C([O-])COc1ccc([Te](I)(I)c2ccc(O)cc2)cc1. The first kappa shape index (κ1) is 17.1. The Bertz CT molecular complexity index is 626. The number of aromatic hydroxyl groups is 1. The van der Waals surface area contributed by atoms with E-state index in [0.717, 1.165) is 0 Å². The molecule has 0 saturated heterocycles. The van der Waals surface area contributed by atoms with Crippen LogP contribution in [0, 0.1) is 0 Å². The molecule has 0 bridgehead atoms. The van der Waals surface area contributed by atoms with Gasteiger partial charge >= 0.3 is 147 Å². The second kappa shape index (κ2) is 7.35. The van der Waals surface area contributed by atoms with Gasteiger partial charge in [-0.25, -0.2) is 0 Å². The molecule has 0 aliphatic heterocycles. The summed E-state index contributed by atoms with van der Waals surface area (Å²) in [7, 11) is -2.49. The topological polar surface area (TPSA) is 69.6 Å². The Morgan fingerprint density at radius 2 is 1.52 bits per heavy atom. The number of halogens is 2. The van der Waals surface area contributed by atoms with Gasteiger partial charge < -0.3 is 0 Å². The summed E-state index contributed by atoms with van der Waals surface area (Å²) in [6.07, 6.45) is 0. The van der Waals surface area contributed by atoms with E-state index >= 15 is 0 Å². The third-order valence-corrected chi connectivity index (χ3v) is 21.2. The van der Waals surface area contributed by atoms with Gasteiger partial charge in [0.1, 0.15) is 0 Å². The molecular weight excluding hydrogens is 614 g/mol. The molecule has 0 atom stereocenters. The maximum atomic E-state index is 10.4. The summed E-state index contributed by atoms with van der Waals surface area (Å²) in [6.45, 7) is -0.446. The number of ether oxygens (including phenoxy) is 1. The van der Waals surface area contributed by atoms with Crippen molar-refractivity contribution in [3.05, 3.63) is 48.5 Å². The monoisotopic (exact) mass is 627 g/mol. The van der Waals surface area contributed by atoms with Gasteiger partial charge in [-0.2, -0.15) is 0 Å². The number of rotatable bonds is 5. The summed E-state index contributed by atoms with van der Waals surface area (Å²) in [6, 6.07) is 14.8. The number of phenols is 1. The molecule has 0 fully saturated rings. The number of hydrogen-bond donors (Lipinski definition) is 1. The van der Waals surface area contributed by atoms with Gasteiger partial charge in [-0.1, -0.05) is 0 Å². The van der Waals surface area contributed by atoms with Crippen molar-refractivity contribution in [2.24, 2.45) is 0 Å². The quantitative estimate of drug-likeness (QED) is 0.398. The molecule has 0 saturated carbocycles. The Morgan fingerprint density at radius 1 is 1.05 bits per heavy atom. The zero-order valence-corrected chi connectivity index (χ0v) is 17.3. The zero-order chi connectivity index (χ0) is 15.5. The molecule has 112 valence electrons. The first-order valence-corrected chi connectivity index (χ1v) is 21.7. The van der Waals surface area contributed by atoms with E-state index in [-0.39, 0.29) is 5.75 Å². The second-order valence-electron chi connectivity index (χ2n) is 4.09. The molecule has 0 heterocycles. The van der Waals surface area contributed by atoms with Crippen molar-refractivity contribution in [1.82, 2.24) is 0 Å². The molecule has 21 heavy (non-hydrogen) atoms. The summed E-state index contributed by atoms with van der Waals surface area (Å²) in [5.41, 5.74) is 0. The Kier molecular flexibility index (Phi) is 5.99. The van der Waals surface area contributed by atoms with Crippen molar-refractivity contribution in [3.8, 4) is 11.5 Å². The van der Waals surface area contributed by atoms with Gasteiger partial charge in [0.15, 0.2) is 0 Å². The van der Waals surface area contributed by atoms with Crippen molar-refractivity contribution >= 4 is 60.9 Å². The third kappa shape index (κ3) is 4.61. The predicted octanol–water partition coefficient (Wildman–Crippen LogP) is 0.947. The van der Waals surface area contributed by atoms with Crippen LogP contribution < -0.4 is 17.1 Å². The normalized spacial score (nSPS) is 11.9. The molecular formula is C14H11I2O4Te-. The number of carbonyl (C=O) groups is 1. The van der Waals surface area contributed by atoms with Crippen LogP contribution in [-0.2, 0) is 4.79 Å². The van der Waals surface area contributed by atoms with Gasteiger partial charge in [0.05, 0.1) is 0 Å². The molecule has 0 aromatic heterocycles. The average Bonchev–Trinajstić information content (AvgIpc) is 2.46. The second-order valence-corrected chi connectivity index (χ2v) is 38.5. The first-order valence-electron chi connectivity index (χ1n) is 5.84. The van der Waals surface area contributed by atoms with Crippen molar-refractivity contribution in [2.45, 2.75) is 0 Å². The van der Waals surface area contributed by atoms with E-state index in [1.807, 2.05) is 24.3 Å². The summed E-state index contributed by atoms with van der Waals surface area (Å²) in [5.74, 6) is -0.463. The van der Waals surface area contributed by atoms with Gasteiger partial charge in [0.2, 0.25) is 0 Å². The number of carboxylic acid groups (broad SMARTS) is 1. The van der Waals surface area contributed by atoms with Crippen molar-refractivity contribution < 1.29 is 19.7 Å². The molecule has 2 rings (SSSR count). The number of aliphatic carboxylic acids is 1. The summed E-state index contributed by atoms with van der Waals surface area (Å²) >= 11 is 5.03. The van der Waals surface area contributed by atoms with E-state index in [4.69, 9.17) is 4.74 Å². The molecule has 4 nitrogen and oxygen atoms in total. The van der Waals surface area contributed by atoms with E-state index in [9.17, 15) is 15.0 Å². The molecule has 2 aromatic carbocycles. The van der Waals surface area contributed by atoms with Gasteiger partial charge in [0, 0.05) is 0 Å². The summed E-state index contributed by atoms with van der Waals surface area (Å²) in [5, 5.41) is 19.7. The molecule has 0 aliphatic carbocycles. The van der Waals surface area contributed by atoms with Crippen molar-refractivity contribution in [2.75, 3.05) is 6.61 Å². The standard InChI is InChI=1S/C14H12I2O4Te/c15-21(16,12-5-1-10(17)2-6-12)13-7-3-11(4-8-13)20-9-14(18)19/h1-8,17H,9H2,(H,18,19)/p-1. The first-order chi connectivity index (χ1) is 9.89. The number of phenolic OH excluding ortho intramolecular Hbond substituents is 1. The van der Waals surface area contributed by atoms with Gasteiger partial charge in [-0.3, -0.25) is 0 Å². The molecule has 0 unspecified atom stereocenters. The minimum absolute atomic E-state index is 0.260. The van der Waals surface area contributed by atoms with Crippen LogP contribution >= 0.6 is 37.4 Å². The van der Waals surface area contributed by atoms with E-state index in [1.165, 1.54) is 7.22 Å². The minimum atomic E-state index is -2.49. The Labute approximate surface area is 145 Å². The Hall–Kier alpha value is -0.240. The van der Waals surface area contributed by atoms with Crippen LogP contribution in [0.2, 0.25) is 0 Å². The number of carboxylic acids is 1. The molecule has 2 aromatic rings. The molecule has 0 spiro atoms. The van der Waals surface area contributed by atoms with Crippen LogP contribution in [0.15, 0.2) is 48.5 Å². The van der Waals surface area contributed by atoms with Gasteiger partial charge in [-0.05, 0) is 0 Å². The van der Waals surface area contributed by atoms with Crippen LogP contribution in [0.5, 0.6) is 11.5 Å². The Morgan fingerprint density at radius 3 is 2.00 bits per heavy atom. The Balaban J connectivity index is 2.20. The van der Waals surface area contributed by atoms with E-state index in [1.54, 1.807) is 24.3 Å². The predicted molar refractivity (Wildman–Crippen MR) is 98.1 cm³/mol. The average molecular weight is 625 g/mol. The maximum absolute atomic E-state index is 10.4. The van der Waals surface area contributed by atoms with Crippen LogP contribution in [0.4, 0.5) is 0 Å². The fourth-order valence-corrected chi connectivity index (χ4v) is 13.0. The molecule has 0 amide bonds. The molecule has 0 radical (unpaired) electrons. The fourth-order valence-electron chi connectivity index (χ4n) is 1.60. The summed E-state index contributed by atoms with van der Waals surface area (Å²) < 4.78 is 7.54. The summed E-state index contributed by atoms with van der Waals surface area (Å²) in [4.78, 5) is 10.4. The van der Waals surface area contributed by atoms with Crippen molar-refractivity contribution in [1.29, 1.82) is 0 Å². The van der Waals surface area contributed by atoms with Crippen LogP contribution in [0.3, 0.4) is 0 Å². The zero-order valence-electron chi connectivity index (χ0n) is 10.7. The van der Waals surface area contributed by atoms with Gasteiger partial charge in [0.25, 0.3) is 0 Å². The van der Waals surface area contributed by atoms with E-state index < -0.39 is 22.9 Å². The van der Waals surface area contributed by atoms with E-state index in [2.05, 4.69) is 37.4 Å². The number of hydrogen-bond acceptors (Lipinski definition) is 4.